The van der Waals surface area contributed by atoms with Gasteiger partial charge in [-0.05, 0) is 26.7 Å². The zero-order chi connectivity index (χ0) is 12.3. The van der Waals surface area contributed by atoms with Gasteiger partial charge in [0.1, 0.15) is 6.04 Å². The third kappa shape index (κ3) is 3.77. The van der Waals surface area contributed by atoms with Crippen LogP contribution in [0.1, 0.15) is 26.7 Å². The molecular weight excluding hydrogens is 226 g/mol. The van der Waals surface area contributed by atoms with Crippen molar-refractivity contribution in [3.05, 3.63) is 0 Å². The summed E-state index contributed by atoms with van der Waals surface area (Å²) in [6, 6.07) is -0.259. The minimum absolute atomic E-state index is 0.132. The van der Waals surface area contributed by atoms with Crippen molar-refractivity contribution in [1.29, 1.82) is 0 Å². The third-order valence-corrected chi connectivity index (χ3v) is 2.85. The number of hydrogen-bond donors (Lipinski definition) is 3. The Morgan fingerprint density at radius 3 is 2.31 bits per heavy atom. The van der Waals surface area contributed by atoms with E-state index < -0.39 is 12.0 Å². The maximum absolute atomic E-state index is 11.5. The number of carbonyl (C=O) groups excluding carboxylic acids is 2. The second kappa shape index (κ2) is 5.25. The molecule has 0 spiro atoms. The lowest BCUT2D eigenvalue weighted by atomic mass is 10.1. The molecule has 0 aromatic heterocycles. The second-order valence-electron chi connectivity index (χ2n) is 4.14. The molecule has 6 heteroatoms. The van der Waals surface area contributed by atoms with Gasteiger partial charge in [0.25, 0.3) is 0 Å². The highest BCUT2D eigenvalue weighted by Crippen LogP contribution is 2.18. The molecule has 1 rings (SSSR count). The molecule has 0 saturated heterocycles. The van der Waals surface area contributed by atoms with E-state index in [0.717, 1.165) is 12.8 Å². The van der Waals surface area contributed by atoms with Gasteiger partial charge in [0.15, 0.2) is 0 Å². The van der Waals surface area contributed by atoms with Gasteiger partial charge in [-0.25, -0.2) is 0 Å². The van der Waals surface area contributed by atoms with Gasteiger partial charge < -0.3 is 16.4 Å². The van der Waals surface area contributed by atoms with Crippen LogP contribution in [0.4, 0.5) is 0 Å². The predicted octanol–water partition coefficient (Wildman–Crippen LogP) is -0.308. The molecule has 0 heterocycles. The lowest BCUT2D eigenvalue weighted by Gasteiger charge is -2.16. The first kappa shape index (κ1) is 12.9. The average Bonchev–Trinajstić information content (AvgIpc) is 2.99. The molecule has 0 radical (unpaired) electrons. The first-order valence-corrected chi connectivity index (χ1v) is 5.72. The number of nitrogens with two attached hydrogens (primary N) is 1. The van der Waals surface area contributed by atoms with Crippen molar-refractivity contribution >= 4 is 29.0 Å². The van der Waals surface area contributed by atoms with Crippen molar-refractivity contribution in [3.63, 3.8) is 0 Å². The summed E-state index contributed by atoms with van der Waals surface area (Å²) in [5.41, 5.74) is 5.35. The van der Waals surface area contributed by atoms with Gasteiger partial charge in [-0.3, -0.25) is 9.59 Å². The zero-order valence-corrected chi connectivity index (χ0v) is 10.3. The normalized spacial score (nSPS) is 18.4. The average molecular weight is 243 g/mol. The monoisotopic (exact) mass is 243 g/mol. The van der Waals surface area contributed by atoms with Crippen LogP contribution in [0.3, 0.4) is 0 Å². The Hall–Kier alpha value is -1.17. The first-order valence-electron chi connectivity index (χ1n) is 5.32. The van der Waals surface area contributed by atoms with Gasteiger partial charge in [0, 0.05) is 6.04 Å². The minimum Gasteiger partial charge on any atom is -0.393 e. The Morgan fingerprint density at radius 2 is 1.88 bits per heavy atom. The molecule has 1 fully saturated rings. The topological polar surface area (TPSA) is 84.2 Å². The number of thiocarbonyl (C=S) groups is 1. The molecule has 90 valence electrons. The summed E-state index contributed by atoms with van der Waals surface area (Å²) in [6.45, 7) is 3.26. The number of hydrogen-bond acceptors (Lipinski definition) is 3. The number of carbonyl (C=O) groups is 2. The molecule has 0 aromatic rings. The summed E-state index contributed by atoms with van der Waals surface area (Å²) < 4.78 is 0. The fraction of sp³-hybridized carbons (Fsp3) is 0.700. The fourth-order valence-corrected chi connectivity index (χ4v) is 1.19. The van der Waals surface area contributed by atoms with E-state index in [0.29, 0.717) is 6.04 Å². The first-order chi connectivity index (χ1) is 7.41. The van der Waals surface area contributed by atoms with E-state index in [1.165, 1.54) is 0 Å². The highest BCUT2D eigenvalue weighted by molar-refractivity contribution is 7.80. The molecule has 16 heavy (non-hydrogen) atoms. The van der Waals surface area contributed by atoms with Crippen molar-refractivity contribution in [2.45, 2.75) is 38.8 Å². The number of nitrogens with one attached hydrogen (secondary N) is 2. The van der Waals surface area contributed by atoms with E-state index in [4.69, 9.17) is 18.0 Å². The van der Waals surface area contributed by atoms with E-state index in [1.807, 2.05) is 0 Å². The van der Waals surface area contributed by atoms with Crippen LogP contribution in [0, 0.1) is 5.92 Å². The van der Waals surface area contributed by atoms with Crippen LogP contribution in [0.25, 0.3) is 0 Å². The van der Waals surface area contributed by atoms with Crippen LogP contribution in [-0.4, -0.2) is 28.9 Å². The maximum Gasteiger partial charge on any atom is 0.242 e. The molecule has 2 atom stereocenters. The summed E-state index contributed by atoms with van der Waals surface area (Å²) in [6.07, 6.45) is 2.05. The molecule has 0 bridgehead atoms. The van der Waals surface area contributed by atoms with E-state index in [-0.39, 0.29) is 16.8 Å². The molecule has 4 N–H and O–H groups in total. The Kier molecular flexibility index (Phi) is 4.23. The molecule has 1 saturated carbocycles. The molecule has 0 aromatic carbocycles. The Balaban J connectivity index is 2.36. The third-order valence-electron chi connectivity index (χ3n) is 2.50. The van der Waals surface area contributed by atoms with Gasteiger partial charge in [-0.1, -0.05) is 12.2 Å². The highest BCUT2D eigenvalue weighted by Gasteiger charge is 2.27. The fourth-order valence-electron chi connectivity index (χ4n) is 1.09. The van der Waals surface area contributed by atoms with Crippen LogP contribution in [-0.2, 0) is 9.59 Å². The van der Waals surface area contributed by atoms with Gasteiger partial charge in [-0.2, -0.15) is 0 Å². The van der Waals surface area contributed by atoms with Crippen molar-refractivity contribution < 1.29 is 9.59 Å². The molecule has 1 aliphatic rings. The summed E-state index contributed by atoms with van der Waals surface area (Å²) in [5, 5.41) is 5.38. The van der Waals surface area contributed by atoms with Crippen LogP contribution >= 0.6 is 12.2 Å². The maximum atomic E-state index is 11.5. The van der Waals surface area contributed by atoms with Crippen molar-refractivity contribution in [3.8, 4) is 0 Å². The SMILES string of the molecule is CC(NC(=O)C(C)C(N)=S)C(=O)NC1CC1. The van der Waals surface area contributed by atoms with Gasteiger partial charge in [0.2, 0.25) is 11.8 Å². The standard InChI is InChI=1S/C10H17N3O2S/c1-5(8(11)16)9(14)12-6(2)10(15)13-7-3-4-7/h5-7H,3-4H2,1-2H3,(H2,11,16)(H,12,14)(H,13,15). The molecule has 0 aliphatic heterocycles. The molecule has 5 nitrogen and oxygen atoms in total. The molecular formula is C10H17N3O2S. The van der Waals surface area contributed by atoms with Gasteiger partial charge in [-0.15, -0.1) is 0 Å². The zero-order valence-electron chi connectivity index (χ0n) is 9.45. The van der Waals surface area contributed by atoms with E-state index >= 15 is 0 Å². The van der Waals surface area contributed by atoms with Crippen LogP contribution in [0.2, 0.25) is 0 Å². The molecule has 2 unspecified atom stereocenters. The Bertz CT molecular complexity index is 315. The number of rotatable bonds is 5. The number of amides is 2. The van der Waals surface area contributed by atoms with Crippen LogP contribution in [0.5, 0.6) is 0 Å². The van der Waals surface area contributed by atoms with Crippen LogP contribution in [0.15, 0.2) is 0 Å². The lowest BCUT2D eigenvalue weighted by molar-refractivity contribution is -0.129. The quantitative estimate of drug-likeness (QED) is 0.578. The van der Waals surface area contributed by atoms with Crippen molar-refractivity contribution in [2.24, 2.45) is 11.7 Å². The van der Waals surface area contributed by atoms with Gasteiger partial charge in [0.05, 0.1) is 10.9 Å². The second-order valence-corrected chi connectivity index (χ2v) is 4.61. The summed E-state index contributed by atoms with van der Waals surface area (Å²) in [5.74, 6) is -1.02. The van der Waals surface area contributed by atoms with Crippen molar-refractivity contribution in [1.82, 2.24) is 10.6 Å². The highest BCUT2D eigenvalue weighted by atomic mass is 32.1. The van der Waals surface area contributed by atoms with Gasteiger partial charge >= 0.3 is 0 Å². The smallest absolute Gasteiger partial charge is 0.242 e. The van der Waals surface area contributed by atoms with E-state index in [2.05, 4.69) is 10.6 Å². The van der Waals surface area contributed by atoms with Crippen LogP contribution < -0.4 is 16.4 Å². The lowest BCUT2D eigenvalue weighted by Crippen LogP contribution is -2.48. The molecule has 2 amide bonds. The largest absolute Gasteiger partial charge is 0.393 e. The summed E-state index contributed by atoms with van der Waals surface area (Å²) >= 11 is 4.71. The van der Waals surface area contributed by atoms with E-state index in [1.54, 1.807) is 13.8 Å². The Labute approximate surface area is 100 Å². The predicted molar refractivity (Wildman–Crippen MR) is 64.7 cm³/mol. The summed E-state index contributed by atoms with van der Waals surface area (Å²) in [4.78, 5) is 23.2. The van der Waals surface area contributed by atoms with E-state index in [9.17, 15) is 9.59 Å². The Morgan fingerprint density at radius 1 is 1.31 bits per heavy atom. The van der Waals surface area contributed by atoms with Crippen molar-refractivity contribution in [2.75, 3.05) is 0 Å². The summed E-state index contributed by atoms with van der Waals surface area (Å²) in [7, 11) is 0. The minimum atomic E-state index is -0.551. The molecule has 1 aliphatic carbocycles.